The first-order chi connectivity index (χ1) is 10.6. The van der Waals surface area contributed by atoms with E-state index in [2.05, 4.69) is 4.98 Å². The zero-order valence-electron chi connectivity index (χ0n) is 10.9. The Balaban J connectivity index is 1.99. The van der Waals surface area contributed by atoms with Crippen LogP contribution in [0.2, 0.25) is 0 Å². The number of hydrogen-bond acceptors (Lipinski definition) is 7. The maximum Gasteiger partial charge on any atom is 0.357 e. The van der Waals surface area contributed by atoms with E-state index >= 15 is 0 Å². The Morgan fingerprint density at radius 2 is 2.05 bits per heavy atom. The second-order valence-electron chi connectivity index (χ2n) is 4.29. The molecule has 2 aromatic heterocycles. The van der Waals surface area contributed by atoms with Crippen LogP contribution in [0.4, 0.5) is 5.69 Å². The highest BCUT2D eigenvalue weighted by molar-refractivity contribution is 7.20. The second-order valence-corrected chi connectivity index (χ2v) is 5.28. The molecule has 0 spiro atoms. The molecule has 3 rings (SSSR count). The van der Waals surface area contributed by atoms with Crippen molar-refractivity contribution in [1.29, 1.82) is 0 Å². The number of aromatic hydroxyl groups is 1. The molecule has 0 radical (unpaired) electrons. The molecule has 0 atom stereocenters. The number of hydrogen-bond donors (Lipinski definition) is 1. The number of carbonyl (C=O) groups excluding carboxylic acids is 1. The fraction of sp³-hybridized carbons (Fsp3) is 0. The number of nitrogens with zero attached hydrogens (tertiary/aromatic N) is 2. The van der Waals surface area contributed by atoms with Crippen LogP contribution < -0.4 is 4.74 Å². The van der Waals surface area contributed by atoms with Crippen molar-refractivity contribution in [1.82, 2.24) is 4.98 Å². The van der Waals surface area contributed by atoms with E-state index in [1.54, 1.807) is 30.3 Å². The van der Waals surface area contributed by atoms with Gasteiger partial charge < -0.3 is 9.84 Å². The van der Waals surface area contributed by atoms with Gasteiger partial charge in [-0.15, -0.1) is 11.3 Å². The van der Waals surface area contributed by atoms with Gasteiger partial charge in [0.05, 0.1) is 10.3 Å². The molecule has 22 heavy (non-hydrogen) atoms. The number of aromatic nitrogens is 1. The van der Waals surface area contributed by atoms with Crippen LogP contribution in [0.25, 0.3) is 10.2 Å². The maximum atomic E-state index is 12.1. The van der Waals surface area contributed by atoms with Gasteiger partial charge in [-0.05, 0) is 12.1 Å². The summed E-state index contributed by atoms with van der Waals surface area (Å²) in [4.78, 5) is 26.4. The lowest BCUT2D eigenvalue weighted by Gasteiger charge is -2.01. The van der Waals surface area contributed by atoms with E-state index in [4.69, 9.17) is 4.74 Å². The summed E-state index contributed by atoms with van der Waals surface area (Å²) in [5.74, 6) is -0.769. The van der Waals surface area contributed by atoms with Crippen LogP contribution in [-0.2, 0) is 0 Å². The van der Waals surface area contributed by atoms with Gasteiger partial charge in [0.15, 0.2) is 10.6 Å². The lowest BCUT2D eigenvalue weighted by Crippen LogP contribution is -2.06. The van der Waals surface area contributed by atoms with Crippen molar-refractivity contribution in [2.45, 2.75) is 0 Å². The van der Waals surface area contributed by atoms with Crippen molar-refractivity contribution in [3.63, 3.8) is 0 Å². The highest BCUT2D eigenvalue weighted by atomic mass is 32.1. The van der Waals surface area contributed by atoms with Gasteiger partial charge in [-0.2, -0.15) is 0 Å². The minimum absolute atomic E-state index is 0.0492. The van der Waals surface area contributed by atoms with Gasteiger partial charge in [-0.1, -0.05) is 18.2 Å². The van der Waals surface area contributed by atoms with Crippen LogP contribution in [0.15, 0.2) is 42.6 Å². The van der Waals surface area contributed by atoms with Crippen LogP contribution in [0.3, 0.4) is 0 Å². The predicted octanol–water partition coefficient (Wildman–Crippen LogP) is 3.13. The first-order valence-corrected chi connectivity index (χ1v) is 6.91. The van der Waals surface area contributed by atoms with E-state index < -0.39 is 10.9 Å². The Bertz CT molecular complexity index is 876. The number of pyridine rings is 1. The van der Waals surface area contributed by atoms with Crippen molar-refractivity contribution in [3.05, 3.63) is 57.6 Å². The zero-order chi connectivity index (χ0) is 15.7. The lowest BCUT2D eigenvalue weighted by molar-refractivity contribution is -0.385. The quantitative estimate of drug-likeness (QED) is 0.344. The number of rotatable bonds is 3. The van der Waals surface area contributed by atoms with Crippen LogP contribution in [-0.4, -0.2) is 21.0 Å². The van der Waals surface area contributed by atoms with Gasteiger partial charge in [0.1, 0.15) is 16.8 Å². The van der Waals surface area contributed by atoms with E-state index in [0.717, 1.165) is 17.5 Å². The van der Waals surface area contributed by atoms with Gasteiger partial charge in [0, 0.05) is 6.07 Å². The molecule has 0 fully saturated rings. The number of fused-ring (bicyclic) bond motifs is 1. The summed E-state index contributed by atoms with van der Waals surface area (Å²) in [7, 11) is 0. The molecule has 7 nitrogen and oxygen atoms in total. The molecule has 1 aromatic carbocycles. The van der Waals surface area contributed by atoms with Gasteiger partial charge in [0.2, 0.25) is 0 Å². The van der Waals surface area contributed by atoms with E-state index in [1.807, 2.05) is 0 Å². The zero-order valence-corrected chi connectivity index (χ0v) is 11.7. The fourth-order valence-corrected chi connectivity index (χ4v) is 2.74. The molecule has 0 bridgehead atoms. The molecule has 2 heterocycles. The first kappa shape index (κ1) is 14.0. The van der Waals surface area contributed by atoms with Gasteiger partial charge in [0.25, 0.3) is 5.69 Å². The minimum atomic E-state index is -0.741. The Morgan fingerprint density at radius 3 is 2.73 bits per heavy atom. The third-order valence-corrected chi connectivity index (χ3v) is 3.94. The van der Waals surface area contributed by atoms with Crippen LogP contribution in [0.5, 0.6) is 11.5 Å². The number of thiophene rings is 1. The molecule has 0 unspecified atom stereocenters. The molecule has 0 saturated heterocycles. The van der Waals surface area contributed by atoms with Crippen LogP contribution >= 0.6 is 11.3 Å². The van der Waals surface area contributed by atoms with Crippen molar-refractivity contribution in [2.24, 2.45) is 0 Å². The number of esters is 1. The number of nitro groups is 1. The van der Waals surface area contributed by atoms with E-state index in [1.165, 1.54) is 6.07 Å². The summed E-state index contributed by atoms with van der Waals surface area (Å²) in [6.45, 7) is 0. The molecular formula is C14H8N2O5S. The molecule has 0 aliphatic rings. The topological polar surface area (TPSA) is 103 Å². The SMILES string of the molecule is O=C(Oc1ccccc1)c1sc2ncc([N+](=O)[O-])cc2c1O. The molecule has 0 saturated carbocycles. The monoisotopic (exact) mass is 316 g/mol. The Hall–Kier alpha value is -3.00. The molecule has 0 aliphatic carbocycles. The third-order valence-electron chi connectivity index (χ3n) is 2.86. The molecule has 1 N–H and O–H groups in total. The standard InChI is InChI=1S/C14H8N2O5S/c17-11-10-6-8(16(19)20)7-15-13(10)22-12(11)14(18)21-9-4-2-1-3-5-9/h1-7,17H. The van der Waals surface area contributed by atoms with Crippen LogP contribution in [0.1, 0.15) is 9.67 Å². The largest absolute Gasteiger partial charge is 0.505 e. The summed E-state index contributed by atoms with van der Waals surface area (Å²) in [5, 5.41) is 21.0. The first-order valence-electron chi connectivity index (χ1n) is 6.09. The Morgan fingerprint density at radius 1 is 1.32 bits per heavy atom. The molecule has 8 heteroatoms. The summed E-state index contributed by atoms with van der Waals surface area (Å²) in [5.41, 5.74) is -0.261. The van der Waals surface area contributed by atoms with E-state index in [-0.39, 0.29) is 21.7 Å². The summed E-state index contributed by atoms with van der Waals surface area (Å²) < 4.78 is 5.14. The van der Waals surface area contributed by atoms with Crippen molar-refractivity contribution in [2.75, 3.05) is 0 Å². The highest BCUT2D eigenvalue weighted by Crippen LogP contribution is 2.37. The predicted molar refractivity (Wildman–Crippen MR) is 79.3 cm³/mol. The molecule has 110 valence electrons. The van der Waals surface area contributed by atoms with Gasteiger partial charge >= 0.3 is 5.97 Å². The van der Waals surface area contributed by atoms with Crippen LogP contribution in [0, 0.1) is 10.1 Å². The number of ether oxygens (including phenoxy) is 1. The van der Waals surface area contributed by atoms with E-state index in [9.17, 15) is 20.0 Å². The van der Waals surface area contributed by atoms with Gasteiger partial charge in [-0.3, -0.25) is 10.1 Å². The molecule has 3 aromatic rings. The lowest BCUT2D eigenvalue weighted by atomic mass is 10.2. The third kappa shape index (κ3) is 2.47. The van der Waals surface area contributed by atoms with Crippen molar-refractivity contribution < 1.29 is 19.6 Å². The maximum absolute atomic E-state index is 12.1. The molecular weight excluding hydrogens is 308 g/mol. The smallest absolute Gasteiger partial charge is 0.357 e. The fourth-order valence-electron chi connectivity index (χ4n) is 1.84. The van der Waals surface area contributed by atoms with Gasteiger partial charge in [-0.25, -0.2) is 9.78 Å². The summed E-state index contributed by atoms with van der Waals surface area (Å²) >= 11 is 0.913. The average Bonchev–Trinajstić information content (AvgIpc) is 2.85. The number of para-hydroxylation sites is 1. The highest BCUT2D eigenvalue weighted by Gasteiger charge is 2.22. The second kappa shape index (κ2) is 5.41. The van der Waals surface area contributed by atoms with Crippen molar-refractivity contribution in [3.8, 4) is 11.5 Å². The minimum Gasteiger partial charge on any atom is -0.505 e. The Labute approximate surface area is 127 Å². The number of carbonyl (C=O) groups is 1. The normalized spacial score (nSPS) is 10.5. The average molecular weight is 316 g/mol. The Kier molecular flexibility index (Phi) is 3.43. The summed E-state index contributed by atoms with van der Waals surface area (Å²) in [6, 6.07) is 9.57. The number of benzene rings is 1. The molecule has 0 amide bonds. The summed E-state index contributed by atoms with van der Waals surface area (Å²) in [6.07, 6.45) is 1.07. The van der Waals surface area contributed by atoms with Crippen molar-refractivity contribution >= 4 is 33.2 Å². The van der Waals surface area contributed by atoms with E-state index in [0.29, 0.717) is 10.6 Å². The molecule has 0 aliphatic heterocycles.